The van der Waals surface area contributed by atoms with Crippen LogP contribution in [0.3, 0.4) is 0 Å². The number of aromatic nitrogens is 4. The first-order valence-corrected chi connectivity index (χ1v) is 11.2. The van der Waals surface area contributed by atoms with Crippen LogP contribution in [0, 0.1) is 0 Å². The molecule has 0 radical (unpaired) electrons. The van der Waals surface area contributed by atoms with Crippen LogP contribution in [-0.4, -0.2) is 48.8 Å². The van der Waals surface area contributed by atoms with E-state index in [1.807, 2.05) is 23.1 Å². The molecule has 4 rings (SSSR count). The van der Waals surface area contributed by atoms with Crippen molar-refractivity contribution in [3.05, 3.63) is 20.8 Å². The molecule has 0 aromatic carbocycles. The number of aryl methyl sites for hydroxylation is 3. The number of carbonyl (C=O) groups is 1. The molecule has 0 bridgehead atoms. The lowest BCUT2D eigenvalue weighted by molar-refractivity contribution is -0.127. The van der Waals surface area contributed by atoms with E-state index in [-0.39, 0.29) is 11.5 Å². The first-order chi connectivity index (χ1) is 13.1. The van der Waals surface area contributed by atoms with Crippen molar-refractivity contribution < 1.29 is 4.79 Å². The van der Waals surface area contributed by atoms with Gasteiger partial charge in [-0.15, -0.1) is 21.5 Å². The van der Waals surface area contributed by atoms with Crippen molar-refractivity contribution in [3.8, 4) is 0 Å². The standard InChI is InChI=1S/C18H23N5O2S2/c1-4-22(5-2)13(24)10-26-18-20-19-17-21(3)15(25)14-11-8-6-7-9-12(11)27-16(14)23(17)18/h4-10H2,1-3H3. The minimum atomic E-state index is 0.0000625. The molecule has 27 heavy (non-hydrogen) atoms. The predicted molar refractivity (Wildman–Crippen MR) is 109 cm³/mol. The van der Waals surface area contributed by atoms with Crippen LogP contribution in [0.25, 0.3) is 16.0 Å². The van der Waals surface area contributed by atoms with Gasteiger partial charge in [0.1, 0.15) is 4.83 Å². The predicted octanol–water partition coefficient (Wildman–Crippen LogP) is 2.48. The highest BCUT2D eigenvalue weighted by molar-refractivity contribution is 7.99. The molecule has 0 aliphatic heterocycles. The fraction of sp³-hybridized carbons (Fsp3) is 0.556. The lowest BCUT2D eigenvalue weighted by atomic mass is 9.97. The van der Waals surface area contributed by atoms with Gasteiger partial charge in [-0.25, -0.2) is 4.40 Å². The van der Waals surface area contributed by atoms with Crippen molar-refractivity contribution in [2.24, 2.45) is 7.05 Å². The van der Waals surface area contributed by atoms with Crippen molar-refractivity contribution >= 4 is 45.0 Å². The fourth-order valence-corrected chi connectivity index (χ4v) is 6.01. The molecule has 3 aromatic heterocycles. The molecule has 3 heterocycles. The number of hydrogen-bond donors (Lipinski definition) is 0. The van der Waals surface area contributed by atoms with Gasteiger partial charge in [0.05, 0.1) is 11.1 Å². The van der Waals surface area contributed by atoms with Crippen LogP contribution in [-0.2, 0) is 24.7 Å². The minimum Gasteiger partial charge on any atom is -0.343 e. The van der Waals surface area contributed by atoms with Gasteiger partial charge in [-0.3, -0.25) is 14.2 Å². The molecule has 1 aliphatic rings. The first-order valence-electron chi connectivity index (χ1n) is 9.35. The summed E-state index contributed by atoms with van der Waals surface area (Å²) in [6.45, 7) is 5.36. The summed E-state index contributed by atoms with van der Waals surface area (Å²) in [6, 6.07) is 0. The summed E-state index contributed by atoms with van der Waals surface area (Å²) in [5.41, 5.74) is 1.20. The molecule has 0 unspecified atom stereocenters. The van der Waals surface area contributed by atoms with Crippen molar-refractivity contribution in [2.75, 3.05) is 18.8 Å². The average molecular weight is 406 g/mol. The molecule has 144 valence electrons. The molecule has 9 heteroatoms. The van der Waals surface area contributed by atoms with Gasteiger partial charge < -0.3 is 4.90 Å². The Morgan fingerprint density at radius 1 is 1.22 bits per heavy atom. The van der Waals surface area contributed by atoms with Crippen LogP contribution in [0.5, 0.6) is 0 Å². The van der Waals surface area contributed by atoms with E-state index in [1.165, 1.54) is 28.6 Å². The van der Waals surface area contributed by atoms with E-state index in [0.717, 1.165) is 29.5 Å². The SMILES string of the molecule is CCN(CC)C(=O)CSc1nnc2n(C)c(=O)c3c4c(sc3n12)CCCC4. The lowest BCUT2D eigenvalue weighted by Crippen LogP contribution is -2.31. The summed E-state index contributed by atoms with van der Waals surface area (Å²) in [4.78, 5) is 29.4. The number of thioether (sulfide) groups is 1. The average Bonchev–Trinajstić information content (AvgIpc) is 3.27. The van der Waals surface area contributed by atoms with Gasteiger partial charge in [-0.05, 0) is 45.1 Å². The lowest BCUT2D eigenvalue weighted by Gasteiger charge is -2.17. The van der Waals surface area contributed by atoms with Crippen LogP contribution >= 0.6 is 23.1 Å². The highest BCUT2D eigenvalue weighted by Gasteiger charge is 2.24. The zero-order chi connectivity index (χ0) is 19.1. The summed E-state index contributed by atoms with van der Waals surface area (Å²) in [6.07, 6.45) is 4.29. The molecule has 0 saturated heterocycles. The smallest absolute Gasteiger partial charge is 0.263 e. The number of amides is 1. The number of thiophene rings is 1. The van der Waals surface area contributed by atoms with Gasteiger partial charge in [0, 0.05) is 25.0 Å². The summed E-state index contributed by atoms with van der Waals surface area (Å²) in [5.74, 6) is 0.940. The zero-order valence-corrected chi connectivity index (χ0v) is 17.5. The Hall–Kier alpha value is -1.87. The highest BCUT2D eigenvalue weighted by Crippen LogP contribution is 2.36. The summed E-state index contributed by atoms with van der Waals surface area (Å²) >= 11 is 3.07. The molecule has 0 atom stereocenters. The van der Waals surface area contributed by atoms with Crippen LogP contribution in [0.4, 0.5) is 0 Å². The molecular weight excluding hydrogens is 382 g/mol. The maximum Gasteiger partial charge on any atom is 0.263 e. The third-order valence-electron chi connectivity index (χ3n) is 5.23. The van der Waals surface area contributed by atoms with E-state index in [1.54, 1.807) is 23.0 Å². The van der Waals surface area contributed by atoms with E-state index < -0.39 is 0 Å². The van der Waals surface area contributed by atoms with Crippen LogP contribution < -0.4 is 5.56 Å². The van der Waals surface area contributed by atoms with Gasteiger partial charge in [0.25, 0.3) is 5.56 Å². The molecule has 1 aliphatic carbocycles. The maximum absolute atomic E-state index is 12.9. The van der Waals surface area contributed by atoms with Gasteiger partial charge in [0.2, 0.25) is 11.7 Å². The number of fused-ring (bicyclic) bond motifs is 5. The third-order valence-corrected chi connectivity index (χ3v) is 7.42. The number of hydrogen-bond acceptors (Lipinski definition) is 6. The second-order valence-electron chi connectivity index (χ2n) is 6.73. The van der Waals surface area contributed by atoms with Crippen molar-refractivity contribution in [2.45, 2.75) is 44.7 Å². The molecule has 1 amide bonds. The fourth-order valence-electron chi connectivity index (χ4n) is 3.73. The highest BCUT2D eigenvalue weighted by atomic mass is 32.2. The van der Waals surface area contributed by atoms with E-state index >= 15 is 0 Å². The summed E-state index contributed by atoms with van der Waals surface area (Å²) in [5, 5.41) is 10.0. The van der Waals surface area contributed by atoms with Crippen molar-refractivity contribution in [1.82, 2.24) is 24.1 Å². The zero-order valence-electron chi connectivity index (χ0n) is 15.8. The maximum atomic E-state index is 12.9. The first kappa shape index (κ1) is 18.5. The van der Waals surface area contributed by atoms with Gasteiger partial charge >= 0.3 is 0 Å². The monoisotopic (exact) mass is 405 g/mol. The Balaban J connectivity index is 1.82. The largest absolute Gasteiger partial charge is 0.343 e. The molecule has 7 nitrogen and oxygen atoms in total. The molecule has 0 fully saturated rings. The van der Waals surface area contributed by atoms with Crippen molar-refractivity contribution in [1.29, 1.82) is 0 Å². The number of rotatable bonds is 5. The molecular formula is C18H23N5O2S2. The van der Waals surface area contributed by atoms with Gasteiger partial charge in [-0.2, -0.15) is 0 Å². The van der Waals surface area contributed by atoms with Crippen LogP contribution in [0.2, 0.25) is 0 Å². The molecule has 0 saturated carbocycles. The van der Waals surface area contributed by atoms with Crippen LogP contribution in [0.15, 0.2) is 9.95 Å². The molecule has 0 spiro atoms. The summed E-state index contributed by atoms with van der Waals surface area (Å²) in [7, 11) is 1.74. The molecule has 0 N–H and O–H groups in total. The second-order valence-corrected chi connectivity index (χ2v) is 8.75. The second kappa shape index (κ2) is 7.27. The molecule has 3 aromatic rings. The Morgan fingerprint density at radius 3 is 2.70 bits per heavy atom. The van der Waals surface area contributed by atoms with Crippen LogP contribution in [0.1, 0.15) is 37.1 Å². The quantitative estimate of drug-likeness (QED) is 0.610. The van der Waals surface area contributed by atoms with E-state index in [2.05, 4.69) is 10.2 Å². The van der Waals surface area contributed by atoms with Gasteiger partial charge in [-0.1, -0.05) is 11.8 Å². The Morgan fingerprint density at radius 2 is 1.96 bits per heavy atom. The van der Waals surface area contributed by atoms with Gasteiger partial charge in [0.15, 0.2) is 5.16 Å². The third kappa shape index (κ3) is 2.97. The Labute approximate surface area is 165 Å². The number of nitrogens with zero attached hydrogens (tertiary/aromatic N) is 5. The minimum absolute atomic E-state index is 0.0000625. The Bertz CT molecular complexity index is 1080. The number of carbonyl (C=O) groups excluding carboxylic acids is 1. The summed E-state index contributed by atoms with van der Waals surface area (Å²) < 4.78 is 3.53. The van der Waals surface area contributed by atoms with E-state index in [9.17, 15) is 9.59 Å². The topological polar surface area (TPSA) is 72.5 Å². The van der Waals surface area contributed by atoms with E-state index in [4.69, 9.17) is 0 Å². The Kier molecular flexibility index (Phi) is 4.98. The normalized spacial score (nSPS) is 14.0. The van der Waals surface area contributed by atoms with Crippen molar-refractivity contribution in [3.63, 3.8) is 0 Å². The van der Waals surface area contributed by atoms with E-state index in [0.29, 0.717) is 29.8 Å².